The molecule has 0 fully saturated rings. The summed E-state index contributed by atoms with van der Waals surface area (Å²) in [7, 11) is 1.56. The van der Waals surface area contributed by atoms with Crippen LogP contribution in [0.25, 0.3) is 6.08 Å². The predicted octanol–water partition coefficient (Wildman–Crippen LogP) is 5.73. The molecule has 9 nitrogen and oxygen atoms in total. The Kier molecular flexibility index (Phi) is 9.50. The van der Waals surface area contributed by atoms with Gasteiger partial charge in [-0.2, -0.15) is 5.26 Å². The van der Waals surface area contributed by atoms with E-state index in [2.05, 4.69) is 11.4 Å². The number of rotatable bonds is 10. The number of carbonyl (C=O) groups excluding carboxylic acids is 1. The van der Waals surface area contributed by atoms with E-state index in [1.54, 1.807) is 48.9 Å². The molecule has 0 radical (unpaired) electrons. The standard InChI is InChI=1S/C38H32N4O5S/c1-4-46-30-17-15-28(16-18-30)35-34(36(43)41-29-8-6-5-7-9-29)24(2)40-38-42(35)37(44)33(48-38)21-27-14-19-31(32(20-27)45-3)47-23-26-12-10-25(22-39)11-13-26/h5-21,35H,4,23H2,1-3H3,(H,41,43)/b33-21-/t35-/m0/s1. The SMILES string of the molecule is CCOc1ccc([C@H]2C(C(=O)Nc3ccccc3)=C(C)N=c3s/c(=C\c4ccc(OCc5ccc(C#N)cc5)c(OC)c4)c(=O)n32)cc1. The molecule has 1 atom stereocenters. The summed E-state index contributed by atoms with van der Waals surface area (Å²) < 4.78 is 19.3. The number of benzene rings is 4. The Morgan fingerprint density at radius 2 is 1.75 bits per heavy atom. The number of nitriles is 1. The minimum atomic E-state index is -0.713. The van der Waals surface area contributed by atoms with Crippen LogP contribution in [0.3, 0.4) is 0 Å². The van der Waals surface area contributed by atoms with E-state index < -0.39 is 6.04 Å². The van der Waals surface area contributed by atoms with Crippen LogP contribution in [-0.4, -0.2) is 24.2 Å². The molecule has 0 unspecified atom stereocenters. The number of nitrogens with zero attached hydrogens (tertiary/aromatic N) is 3. The molecule has 48 heavy (non-hydrogen) atoms. The molecule has 240 valence electrons. The largest absolute Gasteiger partial charge is 0.494 e. The first kappa shape index (κ1) is 32.0. The van der Waals surface area contributed by atoms with Crippen molar-refractivity contribution in [2.75, 3.05) is 19.0 Å². The van der Waals surface area contributed by atoms with Gasteiger partial charge in [0.1, 0.15) is 12.4 Å². The molecule has 1 aromatic heterocycles. The Hall–Kier alpha value is -5.92. The maximum Gasteiger partial charge on any atom is 0.271 e. The van der Waals surface area contributed by atoms with E-state index in [0.717, 1.165) is 16.7 Å². The second kappa shape index (κ2) is 14.2. The molecule has 1 aliphatic heterocycles. The molecular formula is C38H32N4O5S. The number of para-hydroxylation sites is 1. The van der Waals surface area contributed by atoms with E-state index in [1.165, 1.54) is 11.3 Å². The van der Waals surface area contributed by atoms with Gasteiger partial charge in [0.2, 0.25) is 0 Å². The Bertz CT molecular complexity index is 2210. The molecule has 10 heteroatoms. The number of fused-ring (bicyclic) bond motifs is 1. The second-order valence-electron chi connectivity index (χ2n) is 10.9. The molecule has 2 heterocycles. The van der Waals surface area contributed by atoms with Crippen molar-refractivity contribution in [3.63, 3.8) is 0 Å². The average Bonchev–Trinajstić information content (AvgIpc) is 3.41. The van der Waals surface area contributed by atoms with Crippen LogP contribution >= 0.6 is 11.3 Å². The quantitative estimate of drug-likeness (QED) is 0.205. The van der Waals surface area contributed by atoms with Gasteiger partial charge in [-0.3, -0.25) is 14.2 Å². The zero-order valence-corrected chi connectivity index (χ0v) is 27.4. The summed E-state index contributed by atoms with van der Waals surface area (Å²) in [5.74, 6) is 1.41. The van der Waals surface area contributed by atoms with Crippen molar-refractivity contribution in [2.24, 2.45) is 4.99 Å². The number of thiazole rings is 1. The monoisotopic (exact) mass is 656 g/mol. The van der Waals surface area contributed by atoms with Gasteiger partial charge < -0.3 is 19.5 Å². The molecule has 6 rings (SSSR count). The Morgan fingerprint density at radius 1 is 1.00 bits per heavy atom. The molecular weight excluding hydrogens is 625 g/mol. The summed E-state index contributed by atoms with van der Waals surface area (Å²) in [5, 5.41) is 12.0. The summed E-state index contributed by atoms with van der Waals surface area (Å²) in [6, 6.07) is 30.7. The lowest BCUT2D eigenvalue weighted by molar-refractivity contribution is -0.113. The van der Waals surface area contributed by atoms with E-state index in [1.807, 2.05) is 79.7 Å². The highest BCUT2D eigenvalue weighted by Crippen LogP contribution is 2.32. The third kappa shape index (κ3) is 6.77. The number of methoxy groups -OCH3 is 1. The van der Waals surface area contributed by atoms with Gasteiger partial charge in [0.25, 0.3) is 11.5 Å². The number of hydrogen-bond donors (Lipinski definition) is 1. The minimum Gasteiger partial charge on any atom is -0.494 e. The van der Waals surface area contributed by atoms with E-state index in [0.29, 0.717) is 62.3 Å². The van der Waals surface area contributed by atoms with Crippen LogP contribution < -0.4 is 34.4 Å². The first-order valence-electron chi connectivity index (χ1n) is 15.3. The van der Waals surface area contributed by atoms with Gasteiger partial charge in [0, 0.05) is 5.69 Å². The summed E-state index contributed by atoms with van der Waals surface area (Å²) in [6.07, 6.45) is 1.79. The lowest BCUT2D eigenvalue weighted by Crippen LogP contribution is -2.40. The van der Waals surface area contributed by atoms with E-state index in [4.69, 9.17) is 24.5 Å². The normalized spacial score (nSPS) is 14.0. The van der Waals surface area contributed by atoms with Crippen LogP contribution in [0.1, 0.15) is 42.1 Å². The fourth-order valence-electron chi connectivity index (χ4n) is 5.44. The third-order valence-electron chi connectivity index (χ3n) is 7.77. The van der Waals surface area contributed by atoms with Gasteiger partial charge in [-0.15, -0.1) is 0 Å². The summed E-state index contributed by atoms with van der Waals surface area (Å²) in [6.45, 7) is 4.52. The third-order valence-corrected chi connectivity index (χ3v) is 8.75. The van der Waals surface area contributed by atoms with Crippen molar-refractivity contribution in [2.45, 2.75) is 26.5 Å². The Morgan fingerprint density at radius 3 is 2.44 bits per heavy atom. The van der Waals surface area contributed by atoms with Crippen molar-refractivity contribution in [3.05, 3.63) is 150 Å². The first-order valence-corrected chi connectivity index (χ1v) is 16.1. The zero-order chi connectivity index (χ0) is 33.6. The molecule has 1 amide bonds. The highest BCUT2D eigenvalue weighted by Gasteiger charge is 2.32. The molecule has 4 aromatic carbocycles. The Labute approximate surface area is 281 Å². The smallest absolute Gasteiger partial charge is 0.271 e. The topological polar surface area (TPSA) is 115 Å². The summed E-state index contributed by atoms with van der Waals surface area (Å²) in [4.78, 5) is 33.2. The highest BCUT2D eigenvalue weighted by molar-refractivity contribution is 7.07. The van der Waals surface area contributed by atoms with Gasteiger partial charge in [-0.05, 0) is 85.1 Å². The molecule has 0 bridgehead atoms. The number of ether oxygens (including phenoxy) is 3. The second-order valence-corrected chi connectivity index (χ2v) is 11.9. The lowest BCUT2D eigenvalue weighted by atomic mass is 9.95. The fourth-order valence-corrected chi connectivity index (χ4v) is 6.49. The van der Waals surface area contributed by atoms with Crippen LogP contribution in [-0.2, 0) is 11.4 Å². The highest BCUT2D eigenvalue weighted by atomic mass is 32.1. The molecule has 5 aromatic rings. The van der Waals surface area contributed by atoms with Crippen LogP contribution in [0.5, 0.6) is 17.2 Å². The summed E-state index contributed by atoms with van der Waals surface area (Å²) >= 11 is 1.26. The maximum absolute atomic E-state index is 14.2. The molecule has 1 aliphatic rings. The van der Waals surface area contributed by atoms with Crippen molar-refractivity contribution in [1.29, 1.82) is 5.26 Å². The molecule has 0 aliphatic carbocycles. The lowest BCUT2D eigenvalue weighted by Gasteiger charge is -2.25. The average molecular weight is 657 g/mol. The van der Waals surface area contributed by atoms with Gasteiger partial charge >= 0.3 is 0 Å². The first-order chi connectivity index (χ1) is 23.4. The van der Waals surface area contributed by atoms with Gasteiger partial charge in [0.15, 0.2) is 16.3 Å². The molecule has 1 N–H and O–H groups in total. The minimum absolute atomic E-state index is 0.268. The van der Waals surface area contributed by atoms with Gasteiger partial charge in [-0.25, -0.2) is 4.99 Å². The summed E-state index contributed by atoms with van der Waals surface area (Å²) in [5.41, 5.74) is 4.27. The number of allylic oxidation sites excluding steroid dienone is 1. The molecule has 0 saturated carbocycles. The predicted molar refractivity (Wildman–Crippen MR) is 185 cm³/mol. The van der Waals surface area contributed by atoms with E-state index in [-0.39, 0.29) is 11.5 Å². The zero-order valence-electron chi connectivity index (χ0n) is 26.6. The van der Waals surface area contributed by atoms with Crippen molar-refractivity contribution < 1.29 is 19.0 Å². The van der Waals surface area contributed by atoms with Crippen molar-refractivity contribution in [3.8, 4) is 23.3 Å². The van der Waals surface area contributed by atoms with Gasteiger partial charge in [0.05, 0.1) is 47.2 Å². The van der Waals surface area contributed by atoms with E-state index >= 15 is 0 Å². The van der Waals surface area contributed by atoms with Crippen LogP contribution in [0.4, 0.5) is 5.69 Å². The van der Waals surface area contributed by atoms with Crippen LogP contribution in [0.2, 0.25) is 0 Å². The maximum atomic E-state index is 14.2. The number of aromatic nitrogens is 1. The van der Waals surface area contributed by atoms with Crippen molar-refractivity contribution in [1.82, 2.24) is 4.57 Å². The Balaban J connectivity index is 1.36. The number of nitrogens with one attached hydrogen (secondary N) is 1. The number of hydrogen-bond acceptors (Lipinski definition) is 8. The van der Waals surface area contributed by atoms with Crippen LogP contribution in [0.15, 0.2) is 118 Å². The van der Waals surface area contributed by atoms with Crippen LogP contribution in [0, 0.1) is 11.3 Å². The fraction of sp³-hybridized carbons (Fsp3) is 0.158. The number of amides is 1. The number of carbonyl (C=O) groups is 1. The number of anilines is 1. The molecule has 0 spiro atoms. The van der Waals surface area contributed by atoms with Crippen molar-refractivity contribution >= 4 is 29.0 Å². The van der Waals surface area contributed by atoms with Gasteiger partial charge in [-0.1, -0.05) is 59.9 Å². The molecule has 0 saturated heterocycles. The van der Waals surface area contributed by atoms with E-state index in [9.17, 15) is 9.59 Å².